The normalized spacial score (nSPS) is 20.3. The Morgan fingerprint density at radius 1 is 1.35 bits per heavy atom. The molecule has 1 fully saturated rings. The summed E-state index contributed by atoms with van der Waals surface area (Å²) in [5, 5.41) is 22.2. The number of aliphatic hydroxyl groups excluding tert-OH is 1. The standard InChI is InChI=1S/C19H29N5O2/c1-5-24-17(9-16(22-24)6-12(2)3)19(26)23-10-14(18(25)11-23)8-15-7-13(4)20-21-15/h7,9,12,14,18,25H,5-6,8,10-11H2,1-4H3,(H,20,21). The van der Waals surface area contributed by atoms with E-state index in [1.807, 2.05) is 26.0 Å². The minimum atomic E-state index is -0.524. The second-order valence-electron chi connectivity index (χ2n) is 7.72. The number of aromatic nitrogens is 4. The monoisotopic (exact) mass is 359 g/mol. The van der Waals surface area contributed by atoms with Crippen LogP contribution in [0.3, 0.4) is 0 Å². The number of amides is 1. The summed E-state index contributed by atoms with van der Waals surface area (Å²) in [7, 11) is 0. The Kier molecular flexibility index (Phi) is 5.46. The van der Waals surface area contributed by atoms with Gasteiger partial charge in [0.25, 0.3) is 5.91 Å². The molecule has 0 bridgehead atoms. The first-order chi connectivity index (χ1) is 12.4. The lowest BCUT2D eigenvalue weighted by molar-refractivity contribution is 0.0752. The SMILES string of the molecule is CCn1nc(CC(C)C)cc1C(=O)N1CC(O)C(Cc2cc(C)[nH]n2)C1. The molecule has 0 saturated carbocycles. The molecular weight excluding hydrogens is 330 g/mol. The predicted molar refractivity (Wildman–Crippen MR) is 98.9 cm³/mol. The Hall–Kier alpha value is -2.15. The lowest BCUT2D eigenvalue weighted by atomic mass is 10.0. The van der Waals surface area contributed by atoms with Crippen LogP contribution in [0.5, 0.6) is 0 Å². The van der Waals surface area contributed by atoms with E-state index in [1.165, 1.54) is 0 Å². The van der Waals surface area contributed by atoms with E-state index in [2.05, 4.69) is 29.1 Å². The maximum absolute atomic E-state index is 13.0. The number of carbonyl (C=O) groups is 1. The minimum absolute atomic E-state index is 0.00906. The van der Waals surface area contributed by atoms with E-state index >= 15 is 0 Å². The van der Waals surface area contributed by atoms with Crippen molar-refractivity contribution in [1.29, 1.82) is 0 Å². The number of aromatic amines is 1. The first-order valence-corrected chi connectivity index (χ1v) is 9.42. The van der Waals surface area contributed by atoms with Crippen molar-refractivity contribution < 1.29 is 9.90 Å². The fourth-order valence-electron chi connectivity index (χ4n) is 3.63. The summed E-state index contributed by atoms with van der Waals surface area (Å²) < 4.78 is 1.77. The number of aryl methyl sites for hydroxylation is 2. The van der Waals surface area contributed by atoms with E-state index in [1.54, 1.807) is 9.58 Å². The van der Waals surface area contributed by atoms with Gasteiger partial charge in [0, 0.05) is 31.2 Å². The molecule has 26 heavy (non-hydrogen) atoms. The molecule has 3 heterocycles. The molecule has 142 valence electrons. The van der Waals surface area contributed by atoms with Gasteiger partial charge in [0.15, 0.2) is 0 Å². The second-order valence-corrected chi connectivity index (χ2v) is 7.72. The Bertz CT molecular complexity index is 764. The highest BCUT2D eigenvalue weighted by molar-refractivity contribution is 5.93. The molecule has 0 spiro atoms. The summed E-state index contributed by atoms with van der Waals surface area (Å²) in [4.78, 5) is 14.8. The molecule has 1 saturated heterocycles. The lowest BCUT2D eigenvalue weighted by Gasteiger charge is -2.16. The first-order valence-electron chi connectivity index (χ1n) is 9.42. The average Bonchev–Trinajstić information content (AvgIpc) is 3.26. The van der Waals surface area contributed by atoms with Crippen LogP contribution in [0.15, 0.2) is 12.1 Å². The highest BCUT2D eigenvalue weighted by atomic mass is 16.3. The zero-order chi connectivity index (χ0) is 18.8. The molecule has 7 nitrogen and oxygen atoms in total. The number of nitrogens with one attached hydrogen (secondary N) is 1. The van der Waals surface area contributed by atoms with Crippen molar-refractivity contribution in [2.45, 2.75) is 53.2 Å². The van der Waals surface area contributed by atoms with Crippen molar-refractivity contribution in [3.63, 3.8) is 0 Å². The zero-order valence-corrected chi connectivity index (χ0v) is 16.1. The minimum Gasteiger partial charge on any atom is -0.391 e. The molecule has 1 aliphatic heterocycles. The summed E-state index contributed by atoms with van der Waals surface area (Å²) in [5.41, 5.74) is 3.50. The van der Waals surface area contributed by atoms with Crippen molar-refractivity contribution in [3.8, 4) is 0 Å². The van der Waals surface area contributed by atoms with Crippen molar-refractivity contribution >= 4 is 5.91 Å². The van der Waals surface area contributed by atoms with E-state index in [9.17, 15) is 9.90 Å². The molecule has 1 aliphatic rings. The molecule has 7 heteroatoms. The third-order valence-corrected chi connectivity index (χ3v) is 4.89. The molecule has 1 amide bonds. The van der Waals surface area contributed by atoms with E-state index in [-0.39, 0.29) is 11.8 Å². The van der Waals surface area contributed by atoms with Gasteiger partial charge in [-0.3, -0.25) is 14.6 Å². The Labute approximate surface area is 154 Å². The van der Waals surface area contributed by atoms with Gasteiger partial charge < -0.3 is 10.0 Å². The summed E-state index contributed by atoms with van der Waals surface area (Å²) in [6, 6.07) is 3.89. The summed E-state index contributed by atoms with van der Waals surface area (Å²) in [6.45, 7) is 9.80. The van der Waals surface area contributed by atoms with Gasteiger partial charge in [-0.05, 0) is 44.7 Å². The number of likely N-dealkylation sites (tertiary alicyclic amines) is 1. The quantitative estimate of drug-likeness (QED) is 0.823. The van der Waals surface area contributed by atoms with Gasteiger partial charge in [0.1, 0.15) is 5.69 Å². The molecule has 2 aromatic rings. The van der Waals surface area contributed by atoms with Crippen molar-refractivity contribution in [2.24, 2.45) is 11.8 Å². The molecule has 0 aliphatic carbocycles. The van der Waals surface area contributed by atoms with Crippen molar-refractivity contribution in [3.05, 3.63) is 34.9 Å². The number of nitrogens with zero attached hydrogens (tertiary/aromatic N) is 4. The van der Waals surface area contributed by atoms with Crippen LogP contribution < -0.4 is 0 Å². The molecule has 3 rings (SSSR count). The fourth-order valence-corrected chi connectivity index (χ4v) is 3.63. The predicted octanol–water partition coefficient (Wildman–Crippen LogP) is 1.81. The Morgan fingerprint density at radius 3 is 2.73 bits per heavy atom. The largest absolute Gasteiger partial charge is 0.391 e. The smallest absolute Gasteiger partial charge is 0.272 e. The molecule has 2 aromatic heterocycles. The average molecular weight is 359 g/mol. The van der Waals surface area contributed by atoms with Gasteiger partial charge in [-0.2, -0.15) is 10.2 Å². The van der Waals surface area contributed by atoms with Crippen LogP contribution in [-0.2, 0) is 19.4 Å². The third kappa shape index (κ3) is 3.98. The lowest BCUT2D eigenvalue weighted by Crippen LogP contribution is -2.31. The summed E-state index contributed by atoms with van der Waals surface area (Å²) >= 11 is 0. The maximum atomic E-state index is 13.0. The highest BCUT2D eigenvalue weighted by Crippen LogP contribution is 2.23. The topological polar surface area (TPSA) is 87.0 Å². The Morgan fingerprint density at radius 2 is 2.12 bits per heavy atom. The zero-order valence-electron chi connectivity index (χ0n) is 16.1. The third-order valence-electron chi connectivity index (χ3n) is 4.89. The number of rotatable bonds is 6. The number of aliphatic hydroxyl groups is 1. The number of hydrogen-bond acceptors (Lipinski definition) is 4. The summed E-state index contributed by atoms with van der Waals surface area (Å²) in [6.07, 6.45) is 1.00. The molecule has 0 radical (unpaired) electrons. The van der Waals surface area contributed by atoms with Gasteiger partial charge in [0.05, 0.1) is 17.5 Å². The van der Waals surface area contributed by atoms with Crippen LogP contribution in [0, 0.1) is 18.8 Å². The number of β-amino-alcohol motifs (C(OH)–C–C–N with tert-alkyl or cyclic N) is 1. The Balaban J connectivity index is 1.71. The van der Waals surface area contributed by atoms with E-state index in [4.69, 9.17) is 0 Å². The van der Waals surface area contributed by atoms with E-state index in [0.29, 0.717) is 37.7 Å². The van der Waals surface area contributed by atoms with Gasteiger partial charge >= 0.3 is 0 Å². The number of hydrogen-bond donors (Lipinski definition) is 2. The van der Waals surface area contributed by atoms with Crippen LogP contribution in [0.4, 0.5) is 0 Å². The van der Waals surface area contributed by atoms with Crippen molar-refractivity contribution in [2.75, 3.05) is 13.1 Å². The van der Waals surface area contributed by atoms with Crippen LogP contribution in [0.25, 0.3) is 0 Å². The van der Waals surface area contributed by atoms with Gasteiger partial charge in [-0.15, -0.1) is 0 Å². The summed E-state index contributed by atoms with van der Waals surface area (Å²) in [5.74, 6) is 0.456. The van der Waals surface area contributed by atoms with Gasteiger partial charge in [-0.1, -0.05) is 13.8 Å². The van der Waals surface area contributed by atoms with Crippen LogP contribution in [0.2, 0.25) is 0 Å². The molecule has 2 N–H and O–H groups in total. The van der Waals surface area contributed by atoms with E-state index in [0.717, 1.165) is 23.5 Å². The van der Waals surface area contributed by atoms with Crippen LogP contribution in [0.1, 0.15) is 48.3 Å². The number of carbonyl (C=O) groups excluding carboxylic acids is 1. The van der Waals surface area contributed by atoms with E-state index < -0.39 is 6.10 Å². The second kappa shape index (κ2) is 7.61. The molecule has 0 aromatic carbocycles. The van der Waals surface area contributed by atoms with Gasteiger partial charge in [0.2, 0.25) is 0 Å². The molecule has 2 atom stereocenters. The highest BCUT2D eigenvalue weighted by Gasteiger charge is 2.35. The fraction of sp³-hybridized carbons (Fsp3) is 0.632. The molecule has 2 unspecified atom stereocenters. The van der Waals surface area contributed by atoms with Crippen LogP contribution >= 0.6 is 0 Å². The van der Waals surface area contributed by atoms with Crippen molar-refractivity contribution in [1.82, 2.24) is 24.9 Å². The first kappa shape index (κ1) is 18.6. The van der Waals surface area contributed by atoms with Crippen LogP contribution in [-0.4, -0.2) is 55.1 Å². The van der Waals surface area contributed by atoms with Gasteiger partial charge in [-0.25, -0.2) is 0 Å². The number of H-pyrrole nitrogens is 1. The maximum Gasteiger partial charge on any atom is 0.272 e. The molecular formula is C19H29N5O2.